The van der Waals surface area contributed by atoms with Crippen molar-refractivity contribution >= 4 is 5.91 Å². The minimum Gasteiger partial charge on any atom is -0.316 e. The average molecular weight is 268 g/mol. The van der Waals surface area contributed by atoms with Crippen LogP contribution in [0.3, 0.4) is 0 Å². The first kappa shape index (κ1) is 14.8. The van der Waals surface area contributed by atoms with Gasteiger partial charge in [-0.15, -0.1) is 0 Å². The molecule has 2 fully saturated rings. The van der Waals surface area contributed by atoms with Gasteiger partial charge >= 0.3 is 0 Å². The smallest absolute Gasteiger partial charge is 0.241 e. The highest BCUT2D eigenvalue weighted by atomic mass is 16.2. The zero-order chi connectivity index (χ0) is 13.7. The van der Waals surface area contributed by atoms with Gasteiger partial charge in [0, 0.05) is 32.7 Å². The van der Waals surface area contributed by atoms with E-state index >= 15 is 0 Å². The third-order valence-electron chi connectivity index (χ3n) is 4.45. The van der Waals surface area contributed by atoms with E-state index < -0.39 is 0 Å². The molecule has 1 amide bonds. The van der Waals surface area contributed by atoms with Gasteiger partial charge in [-0.05, 0) is 32.9 Å². The van der Waals surface area contributed by atoms with Crippen LogP contribution in [0.4, 0.5) is 0 Å². The van der Waals surface area contributed by atoms with Crippen molar-refractivity contribution in [3.8, 4) is 0 Å². The number of likely N-dealkylation sites (N-methyl/N-ethyl adjacent to an activating group) is 1. The quantitative estimate of drug-likeness (QED) is 0.776. The lowest BCUT2D eigenvalue weighted by atomic mass is 9.76. The second-order valence-electron chi connectivity index (χ2n) is 6.04. The summed E-state index contributed by atoms with van der Waals surface area (Å²) in [6.07, 6.45) is 4.18. The van der Waals surface area contributed by atoms with Crippen LogP contribution in [0.5, 0.6) is 0 Å². The third kappa shape index (κ3) is 3.68. The SMILES string of the molecule is CCCC1(C(=O)NN2CCN(C)CC2)CCCNC1. The van der Waals surface area contributed by atoms with Crippen molar-refractivity contribution in [2.45, 2.75) is 32.6 Å². The van der Waals surface area contributed by atoms with Crippen LogP contribution in [0, 0.1) is 5.41 Å². The molecule has 5 nitrogen and oxygen atoms in total. The van der Waals surface area contributed by atoms with E-state index in [2.05, 4.69) is 34.6 Å². The van der Waals surface area contributed by atoms with Crippen LogP contribution in [0.2, 0.25) is 0 Å². The first-order chi connectivity index (χ1) is 9.16. The van der Waals surface area contributed by atoms with Gasteiger partial charge < -0.3 is 10.2 Å². The maximum atomic E-state index is 12.7. The number of rotatable bonds is 4. The van der Waals surface area contributed by atoms with Crippen LogP contribution in [0.15, 0.2) is 0 Å². The number of carbonyl (C=O) groups excluding carboxylic acids is 1. The van der Waals surface area contributed by atoms with Gasteiger partial charge in [0.15, 0.2) is 0 Å². The van der Waals surface area contributed by atoms with Crippen molar-refractivity contribution in [3.63, 3.8) is 0 Å². The fraction of sp³-hybridized carbons (Fsp3) is 0.929. The minimum atomic E-state index is -0.184. The molecular formula is C14H28N4O. The van der Waals surface area contributed by atoms with Gasteiger partial charge in [0.25, 0.3) is 0 Å². The van der Waals surface area contributed by atoms with E-state index in [9.17, 15) is 4.79 Å². The van der Waals surface area contributed by atoms with Gasteiger partial charge in [0.2, 0.25) is 5.91 Å². The van der Waals surface area contributed by atoms with E-state index in [4.69, 9.17) is 0 Å². The molecule has 0 aromatic heterocycles. The highest BCUT2D eigenvalue weighted by molar-refractivity contribution is 5.82. The Labute approximate surface area is 116 Å². The molecule has 110 valence electrons. The number of hydrogen-bond acceptors (Lipinski definition) is 4. The molecule has 1 unspecified atom stereocenters. The molecule has 2 saturated heterocycles. The number of hydrogen-bond donors (Lipinski definition) is 2. The molecule has 0 aromatic carbocycles. The standard InChI is InChI=1S/C14H28N4O/c1-3-5-14(6-4-7-15-12-14)13(19)16-18-10-8-17(2)9-11-18/h15H,3-12H2,1-2H3,(H,16,19). The topological polar surface area (TPSA) is 47.6 Å². The van der Waals surface area contributed by atoms with E-state index in [1.165, 1.54) is 0 Å². The normalized spacial score (nSPS) is 30.2. The molecule has 2 heterocycles. The van der Waals surface area contributed by atoms with E-state index in [0.717, 1.165) is 65.0 Å². The largest absolute Gasteiger partial charge is 0.316 e. The fourth-order valence-corrected chi connectivity index (χ4v) is 3.15. The Hall–Kier alpha value is -0.650. The molecule has 5 heteroatoms. The zero-order valence-electron chi connectivity index (χ0n) is 12.4. The van der Waals surface area contributed by atoms with E-state index in [-0.39, 0.29) is 11.3 Å². The Morgan fingerprint density at radius 3 is 2.63 bits per heavy atom. The van der Waals surface area contributed by atoms with Crippen LogP contribution >= 0.6 is 0 Å². The van der Waals surface area contributed by atoms with Crippen molar-refractivity contribution in [1.82, 2.24) is 20.7 Å². The summed E-state index contributed by atoms with van der Waals surface area (Å²) in [7, 11) is 2.13. The lowest BCUT2D eigenvalue weighted by Gasteiger charge is -2.39. The van der Waals surface area contributed by atoms with Gasteiger partial charge in [-0.1, -0.05) is 13.3 Å². The predicted octanol–water partition coefficient (Wildman–Crippen LogP) is 0.435. The summed E-state index contributed by atoms with van der Waals surface area (Å²) in [5, 5.41) is 5.49. The summed E-state index contributed by atoms with van der Waals surface area (Å²) in [5.74, 6) is 0.228. The monoisotopic (exact) mass is 268 g/mol. The zero-order valence-corrected chi connectivity index (χ0v) is 12.4. The summed E-state index contributed by atoms with van der Waals surface area (Å²) in [5.41, 5.74) is 2.98. The van der Waals surface area contributed by atoms with Gasteiger partial charge in [-0.3, -0.25) is 10.2 Å². The third-order valence-corrected chi connectivity index (χ3v) is 4.45. The number of piperazine rings is 1. The molecule has 2 aliphatic heterocycles. The molecule has 0 radical (unpaired) electrons. The van der Waals surface area contributed by atoms with Gasteiger partial charge in [-0.2, -0.15) is 0 Å². The van der Waals surface area contributed by atoms with Crippen LogP contribution < -0.4 is 10.7 Å². The van der Waals surface area contributed by atoms with Crippen LogP contribution in [-0.2, 0) is 4.79 Å². The first-order valence-corrected chi connectivity index (χ1v) is 7.61. The molecule has 0 aromatic rings. The summed E-state index contributed by atoms with van der Waals surface area (Å²) in [4.78, 5) is 15.0. The molecule has 2 aliphatic rings. The minimum absolute atomic E-state index is 0.184. The number of hydrazine groups is 1. The van der Waals surface area contributed by atoms with Crippen molar-refractivity contribution in [2.24, 2.45) is 5.41 Å². The maximum Gasteiger partial charge on any atom is 0.241 e. The molecule has 19 heavy (non-hydrogen) atoms. The van der Waals surface area contributed by atoms with Gasteiger partial charge in [-0.25, -0.2) is 5.01 Å². The molecular weight excluding hydrogens is 240 g/mol. The summed E-state index contributed by atoms with van der Waals surface area (Å²) < 4.78 is 0. The maximum absolute atomic E-state index is 12.7. The van der Waals surface area contributed by atoms with E-state index in [1.807, 2.05) is 0 Å². The van der Waals surface area contributed by atoms with Gasteiger partial charge in [0.1, 0.15) is 0 Å². The Bertz CT molecular complexity index is 288. The van der Waals surface area contributed by atoms with Crippen molar-refractivity contribution in [3.05, 3.63) is 0 Å². The highest BCUT2D eigenvalue weighted by Gasteiger charge is 2.39. The van der Waals surface area contributed by atoms with E-state index in [0.29, 0.717) is 0 Å². The number of nitrogens with one attached hydrogen (secondary N) is 2. The number of piperidine rings is 1. The second-order valence-corrected chi connectivity index (χ2v) is 6.04. The van der Waals surface area contributed by atoms with Crippen molar-refractivity contribution in [2.75, 3.05) is 46.3 Å². The molecule has 0 bridgehead atoms. The summed E-state index contributed by atoms with van der Waals surface area (Å²) in [6, 6.07) is 0. The predicted molar refractivity (Wildman–Crippen MR) is 76.7 cm³/mol. The molecule has 0 aliphatic carbocycles. The fourth-order valence-electron chi connectivity index (χ4n) is 3.15. The Morgan fingerprint density at radius 1 is 1.32 bits per heavy atom. The molecule has 0 saturated carbocycles. The Kier molecular flexibility index (Phi) is 5.19. The Morgan fingerprint density at radius 2 is 2.05 bits per heavy atom. The van der Waals surface area contributed by atoms with E-state index in [1.54, 1.807) is 0 Å². The van der Waals surface area contributed by atoms with Gasteiger partial charge in [0.05, 0.1) is 5.41 Å². The summed E-state index contributed by atoms with van der Waals surface area (Å²) >= 11 is 0. The summed E-state index contributed by atoms with van der Waals surface area (Å²) in [6.45, 7) is 7.96. The van der Waals surface area contributed by atoms with Crippen LogP contribution in [0.25, 0.3) is 0 Å². The van der Waals surface area contributed by atoms with Crippen LogP contribution in [0.1, 0.15) is 32.6 Å². The molecule has 1 atom stereocenters. The lowest BCUT2D eigenvalue weighted by Crippen LogP contribution is -2.58. The molecule has 2 rings (SSSR count). The van der Waals surface area contributed by atoms with Crippen molar-refractivity contribution in [1.29, 1.82) is 0 Å². The Balaban J connectivity index is 1.92. The average Bonchev–Trinajstić information content (AvgIpc) is 2.43. The lowest BCUT2D eigenvalue weighted by molar-refractivity contribution is -0.138. The second kappa shape index (κ2) is 6.68. The number of nitrogens with zero attached hydrogens (tertiary/aromatic N) is 2. The van der Waals surface area contributed by atoms with Crippen molar-refractivity contribution < 1.29 is 4.79 Å². The number of carbonyl (C=O) groups is 1. The number of amides is 1. The highest BCUT2D eigenvalue weighted by Crippen LogP contribution is 2.31. The molecule has 0 spiro atoms. The molecule has 2 N–H and O–H groups in total. The van der Waals surface area contributed by atoms with Crippen LogP contribution in [-0.4, -0.2) is 62.1 Å². The first-order valence-electron chi connectivity index (χ1n) is 7.61.